The molecule has 1 aromatic carbocycles. The van der Waals surface area contributed by atoms with Crippen molar-refractivity contribution in [2.75, 3.05) is 0 Å². The number of carbonyl (C=O) groups excluding carboxylic acids is 1. The fourth-order valence-electron chi connectivity index (χ4n) is 2.72. The van der Waals surface area contributed by atoms with E-state index in [-0.39, 0.29) is 5.46 Å². The third-order valence-electron chi connectivity index (χ3n) is 4.87. The molecule has 0 unspecified atom stereocenters. The highest BCUT2D eigenvalue weighted by molar-refractivity contribution is 6.62. The Morgan fingerprint density at radius 2 is 1.62 bits per heavy atom. The molecule has 0 spiro atoms. The van der Waals surface area contributed by atoms with E-state index in [2.05, 4.69) is 5.32 Å². The molecule has 29 heavy (non-hydrogen) atoms. The van der Waals surface area contributed by atoms with Gasteiger partial charge < -0.3 is 19.4 Å². The van der Waals surface area contributed by atoms with E-state index in [9.17, 15) is 22.4 Å². The van der Waals surface area contributed by atoms with Crippen LogP contribution in [-0.4, -0.2) is 30.0 Å². The van der Waals surface area contributed by atoms with Gasteiger partial charge in [0.2, 0.25) is 0 Å². The Morgan fingerprint density at radius 1 is 1.10 bits per heavy atom. The van der Waals surface area contributed by atoms with Crippen molar-refractivity contribution in [3.8, 4) is 0 Å². The fraction of sp³-hybridized carbons (Fsp3) is 0.632. The van der Waals surface area contributed by atoms with Crippen molar-refractivity contribution in [2.45, 2.75) is 78.0 Å². The van der Waals surface area contributed by atoms with Crippen LogP contribution in [0, 0.1) is 5.82 Å². The number of benzene rings is 1. The molecular weight excluding hydrogens is 393 g/mol. The molecule has 10 heteroatoms. The number of alkyl carbamates (subject to hydrolysis) is 1. The predicted octanol–water partition coefficient (Wildman–Crippen LogP) is 4.17. The lowest BCUT2D eigenvalue weighted by atomic mass is 9.77. The second kappa shape index (κ2) is 7.47. The largest absolute Gasteiger partial charge is 0.497 e. The minimum absolute atomic E-state index is 0.350. The van der Waals surface area contributed by atoms with Gasteiger partial charge in [-0.15, -0.1) is 0 Å². The molecule has 1 saturated heterocycles. The van der Waals surface area contributed by atoms with Crippen molar-refractivity contribution in [3.63, 3.8) is 0 Å². The predicted molar refractivity (Wildman–Crippen MR) is 100 cm³/mol. The number of carbonyl (C=O) groups is 1. The van der Waals surface area contributed by atoms with E-state index in [1.165, 1.54) is 6.07 Å². The number of ether oxygens (including phenoxy) is 1. The molecule has 1 aliphatic heterocycles. The monoisotopic (exact) mass is 419 g/mol. The topological polar surface area (TPSA) is 56.8 Å². The van der Waals surface area contributed by atoms with Crippen LogP contribution in [0.1, 0.15) is 59.6 Å². The summed E-state index contributed by atoms with van der Waals surface area (Å²) < 4.78 is 72.1. The highest BCUT2D eigenvalue weighted by Gasteiger charge is 2.53. The van der Waals surface area contributed by atoms with Crippen LogP contribution in [0.15, 0.2) is 12.1 Å². The van der Waals surface area contributed by atoms with Crippen molar-refractivity contribution in [2.24, 2.45) is 0 Å². The van der Waals surface area contributed by atoms with Gasteiger partial charge in [0.15, 0.2) is 0 Å². The Hall–Kier alpha value is -1.81. The second-order valence-corrected chi connectivity index (χ2v) is 8.94. The third kappa shape index (κ3) is 5.22. The standard InChI is InChI=1S/C19H26BF4NO4/c1-16(2,3)27-15(26)25-10-11-8-9-12(14(21)13(11)19(22,23)24)20-28-17(4,5)18(6,7)29-20/h8-9H,10H2,1-7H3,(H,25,26). The van der Waals surface area contributed by atoms with Crippen molar-refractivity contribution in [3.05, 3.63) is 29.1 Å². The summed E-state index contributed by atoms with van der Waals surface area (Å²) in [7, 11) is -1.28. The highest BCUT2D eigenvalue weighted by Crippen LogP contribution is 2.38. The summed E-state index contributed by atoms with van der Waals surface area (Å²) in [5, 5.41) is 2.22. The zero-order valence-corrected chi connectivity index (χ0v) is 17.6. The first-order valence-electron chi connectivity index (χ1n) is 9.15. The van der Waals surface area contributed by atoms with Crippen molar-refractivity contribution >= 4 is 18.7 Å². The van der Waals surface area contributed by atoms with E-state index in [1.54, 1.807) is 48.5 Å². The van der Waals surface area contributed by atoms with Crippen LogP contribution in [0.25, 0.3) is 0 Å². The van der Waals surface area contributed by atoms with Gasteiger partial charge in [-0.25, -0.2) is 9.18 Å². The first-order chi connectivity index (χ1) is 12.9. The normalized spacial score (nSPS) is 18.7. The lowest BCUT2D eigenvalue weighted by Gasteiger charge is -2.32. The summed E-state index contributed by atoms with van der Waals surface area (Å²) in [5.74, 6) is -1.49. The van der Waals surface area contributed by atoms with E-state index in [4.69, 9.17) is 14.0 Å². The smallest absolute Gasteiger partial charge is 0.444 e. The number of amides is 1. The Morgan fingerprint density at radius 3 is 2.07 bits per heavy atom. The summed E-state index contributed by atoms with van der Waals surface area (Å²) in [6.45, 7) is 11.2. The first kappa shape index (κ1) is 23.5. The van der Waals surface area contributed by atoms with Crippen LogP contribution in [-0.2, 0) is 26.8 Å². The number of halogens is 4. The molecule has 5 nitrogen and oxygen atoms in total. The summed E-state index contributed by atoms with van der Waals surface area (Å²) >= 11 is 0. The van der Waals surface area contributed by atoms with E-state index in [0.29, 0.717) is 0 Å². The van der Waals surface area contributed by atoms with Crippen LogP contribution in [0.3, 0.4) is 0 Å². The molecule has 1 aromatic rings. The van der Waals surface area contributed by atoms with E-state index >= 15 is 0 Å². The first-order valence-corrected chi connectivity index (χ1v) is 9.15. The van der Waals surface area contributed by atoms with Crippen LogP contribution in [0.4, 0.5) is 22.4 Å². The Bertz CT molecular complexity index is 772. The number of hydrogen-bond donors (Lipinski definition) is 1. The van der Waals surface area contributed by atoms with Crippen molar-refractivity contribution in [1.29, 1.82) is 0 Å². The molecule has 0 aliphatic carbocycles. The molecule has 2 rings (SSSR count). The lowest BCUT2D eigenvalue weighted by Crippen LogP contribution is -2.41. The van der Waals surface area contributed by atoms with Gasteiger partial charge >= 0.3 is 19.4 Å². The summed E-state index contributed by atoms with van der Waals surface area (Å²) in [6, 6.07) is 2.28. The SMILES string of the molecule is CC(C)(C)OC(=O)NCc1ccc(B2OC(C)(C)C(C)(C)O2)c(F)c1C(F)(F)F. The fourth-order valence-corrected chi connectivity index (χ4v) is 2.72. The molecule has 0 aromatic heterocycles. The van der Waals surface area contributed by atoms with Gasteiger partial charge in [-0.3, -0.25) is 0 Å². The zero-order chi connectivity index (χ0) is 22.4. The minimum Gasteiger partial charge on any atom is -0.444 e. The van der Waals surface area contributed by atoms with Gasteiger partial charge in [0, 0.05) is 12.0 Å². The summed E-state index contributed by atoms with van der Waals surface area (Å²) in [6.07, 6.45) is -5.88. The van der Waals surface area contributed by atoms with Gasteiger partial charge in [-0.05, 0) is 54.0 Å². The molecule has 0 bridgehead atoms. The highest BCUT2D eigenvalue weighted by atomic mass is 19.4. The molecule has 1 N–H and O–H groups in total. The van der Waals surface area contributed by atoms with Crippen LogP contribution >= 0.6 is 0 Å². The number of hydrogen-bond acceptors (Lipinski definition) is 4. The molecule has 0 atom stereocenters. The average molecular weight is 419 g/mol. The van der Waals surface area contributed by atoms with Gasteiger partial charge in [-0.1, -0.05) is 12.1 Å². The Balaban J connectivity index is 2.35. The number of rotatable bonds is 3. The van der Waals surface area contributed by atoms with E-state index in [0.717, 1.165) is 6.07 Å². The quantitative estimate of drug-likeness (QED) is 0.591. The molecule has 1 aliphatic rings. The van der Waals surface area contributed by atoms with Crippen LogP contribution < -0.4 is 10.8 Å². The molecule has 1 fully saturated rings. The van der Waals surface area contributed by atoms with E-state index < -0.39 is 59.7 Å². The maximum absolute atomic E-state index is 15.0. The third-order valence-corrected chi connectivity index (χ3v) is 4.87. The minimum atomic E-state index is -4.98. The van der Waals surface area contributed by atoms with E-state index in [1.807, 2.05) is 0 Å². The average Bonchev–Trinajstić information content (AvgIpc) is 2.70. The summed E-state index contributed by atoms with van der Waals surface area (Å²) in [5.41, 5.74) is -4.74. The molecule has 0 radical (unpaired) electrons. The second-order valence-electron chi connectivity index (χ2n) is 8.94. The van der Waals surface area contributed by atoms with Gasteiger partial charge in [-0.2, -0.15) is 13.2 Å². The molecule has 1 amide bonds. The Kier molecular flexibility index (Phi) is 6.04. The number of nitrogens with one attached hydrogen (secondary N) is 1. The molecule has 1 heterocycles. The van der Waals surface area contributed by atoms with Crippen LogP contribution in [0.5, 0.6) is 0 Å². The lowest BCUT2D eigenvalue weighted by molar-refractivity contribution is -0.140. The number of alkyl halides is 3. The molecule has 0 saturated carbocycles. The molecule has 162 valence electrons. The maximum atomic E-state index is 15.0. The summed E-state index contributed by atoms with van der Waals surface area (Å²) in [4.78, 5) is 11.7. The maximum Gasteiger partial charge on any atom is 0.497 e. The van der Waals surface area contributed by atoms with Gasteiger partial charge in [0.1, 0.15) is 11.4 Å². The van der Waals surface area contributed by atoms with Crippen molar-refractivity contribution < 1.29 is 36.4 Å². The zero-order valence-electron chi connectivity index (χ0n) is 17.6. The van der Waals surface area contributed by atoms with Gasteiger partial charge in [0.25, 0.3) is 0 Å². The molecular formula is C19H26BF4NO4. The Labute approximate surface area is 168 Å². The van der Waals surface area contributed by atoms with Crippen molar-refractivity contribution in [1.82, 2.24) is 5.32 Å². The van der Waals surface area contributed by atoms with Crippen LogP contribution in [0.2, 0.25) is 0 Å². The van der Waals surface area contributed by atoms with Gasteiger partial charge in [0.05, 0.1) is 16.8 Å².